The number of benzene rings is 2. The Morgan fingerprint density at radius 2 is 1.54 bits per heavy atom. The summed E-state index contributed by atoms with van der Waals surface area (Å²) >= 11 is 0. The van der Waals surface area contributed by atoms with Crippen LogP contribution in [0.3, 0.4) is 0 Å². The van der Waals surface area contributed by atoms with Gasteiger partial charge in [-0.2, -0.15) is 0 Å². The first-order valence-corrected chi connectivity index (χ1v) is 9.19. The van der Waals surface area contributed by atoms with Gasteiger partial charge in [0.1, 0.15) is 0 Å². The van der Waals surface area contributed by atoms with Crippen molar-refractivity contribution in [3.63, 3.8) is 0 Å². The van der Waals surface area contributed by atoms with Gasteiger partial charge in [0.05, 0.1) is 13.2 Å². The van der Waals surface area contributed by atoms with Crippen LogP contribution in [-0.4, -0.2) is 13.2 Å². The van der Waals surface area contributed by atoms with Crippen molar-refractivity contribution in [2.24, 2.45) is 5.41 Å². The maximum atomic E-state index is 5.92. The van der Waals surface area contributed by atoms with Crippen molar-refractivity contribution in [2.45, 2.75) is 38.0 Å². The minimum atomic E-state index is 0.219. The Labute approximate surface area is 144 Å². The van der Waals surface area contributed by atoms with Crippen LogP contribution >= 0.6 is 0 Å². The summed E-state index contributed by atoms with van der Waals surface area (Å²) in [7, 11) is 0. The molecule has 1 aliphatic heterocycles. The normalized spacial score (nSPS) is 31.4. The van der Waals surface area contributed by atoms with Gasteiger partial charge in [-0.15, -0.1) is 0 Å². The van der Waals surface area contributed by atoms with E-state index in [1.54, 1.807) is 11.1 Å². The van der Waals surface area contributed by atoms with Crippen LogP contribution in [0.15, 0.2) is 65.7 Å². The summed E-state index contributed by atoms with van der Waals surface area (Å²) in [6.45, 7) is 4.20. The zero-order valence-corrected chi connectivity index (χ0v) is 14.3. The van der Waals surface area contributed by atoms with Crippen molar-refractivity contribution >= 4 is 0 Å². The van der Waals surface area contributed by atoms with Crippen LogP contribution in [0, 0.1) is 5.41 Å². The van der Waals surface area contributed by atoms with E-state index in [1.807, 2.05) is 0 Å². The minimum Gasteiger partial charge on any atom is -0.376 e. The lowest BCUT2D eigenvalue weighted by atomic mass is 9.50. The molecule has 0 amide bonds. The van der Waals surface area contributed by atoms with Crippen molar-refractivity contribution in [3.05, 3.63) is 71.3 Å². The Balaban J connectivity index is 1.72. The first kappa shape index (κ1) is 14.5. The number of rotatable bonds is 2. The average Bonchev–Trinajstić information content (AvgIpc) is 3.08. The number of ether oxygens (including phenoxy) is 1. The topological polar surface area (TPSA) is 9.23 Å². The van der Waals surface area contributed by atoms with Gasteiger partial charge in [0.25, 0.3) is 0 Å². The first-order valence-electron chi connectivity index (χ1n) is 9.19. The monoisotopic (exact) mass is 316 g/mol. The molecule has 1 nitrogen and oxygen atoms in total. The Hall–Kier alpha value is -1.86. The molecule has 0 aromatic heterocycles. The summed E-state index contributed by atoms with van der Waals surface area (Å²) in [5, 5.41) is 0. The van der Waals surface area contributed by atoms with Gasteiger partial charge in [0, 0.05) is 10.8 Å². The zero-order valence-electron chi connectivity index (χ0n) is 14.3. The van der Waals surface area contributed by atoms with Crippen LogP contribution in [0.5, 0.6) is 0 Å². The van der Waals surface area contributed by atoms with E-state index in [9.17, 15) is 0 Å². The molecule has 1 spiro atoms. The summed E-state index contributed by atoms with van der Waals surface area (Å²) in [5.74, 6) is 0. The third kappa shape index (κ3) is 1.79. The molecule has 2 aromatic rings. The van der Waals surface area contributed by atoms with Crippen LogP contribution in [0.2, 0.25) is 0 Å². The van der Waals surface area contributed by atoms with Crippen molar-refractivity contribution in [1.82, 2.24) is 0 Å². The number of fused-ring (bicyclic) bond motifs is 2. The molecule has 0 atom stereocenters. The Morgan fingerprint density at radius 1 is 0.833 bits per heavy atom. The lowest BCUT2D eigenvalue weighted by Gasteiger charge is -2.53. The van der Waals surface area contributed by atoms with Gasteiger partial charge >= 0.3 is 0 Å². The molecule has 2 bridgehead atoms. The highest BCUT2D eigenvalue weighted by Crippen LogP contribution is 2.63. The fourth-order valence-corrected chi connectivity index (χ4v) is 5.60. The molecular weight excluding hydrogens is 292 g/mol. The molecule has 0 radical (unpaired) electrons. The van der Waals surface area contributed by atoms with Crippen LogP contribution in [0.1, 0.15) is 38.2 Å². The lowest BCUT2D eigenvalue weighted by Crippen LogP contribution is -2.46. The number of allylic oxidation sites excluding steroid dienone is 1. The summed E-state index contributed by atoms with van der Waals surface area (Å²) in [6.07, 6.45) is 5.14. The van der Waals surface area contributed by atoms with Crippen molar-refractivity contribution < 1.29 is 4.74 Å². The van der Waals surface area contributed by atoms with E-state index < -0.39 is 0 Å². The second kappa shape index (κ2) is 5.07. The number of hydrogen-bond acceptors (Lipinski definition) is 1. The predicted octanol–water partition coefficient (Wildman–Crippen LogP) is 5.51. The first-order chi connectivity index (χ1) is 11.8. The van der Waals surface area contributed by atoms with E-state index >= 15 is 0 Å². The largest absolute Gasteiger partial charge is 0.376 e. The van der Waals surface area contributed by atoms with Gasteiger partial charge in [-0.05, 0) is 54.9 Å². The number of hydrogen-bond donors (Lipinski definition) is 0. The highest BCUT2D eigenvalue weighted by molar-refractivity contribution is 5.70. The third-order valence-electron chi connectivity index (χ3n) is 7.02. The minimum absolute atomic E-state index is 0.219. The molecule has 3 aliphatic carbocycles. The SMILES string of the molecule is CC1=C2COCC23CCC1(c1ccccc1-c1ccccc1)CC3. The fourth-order valence-electron chi connectivity index (χ4n) is 5.60. The molecule has 0 unspecified atom stereocenters. The smallest absolute Gasteiger partial charge is 0.0686 e. The Morgan fingerprint density at radius 3 is 2.33 bits per heavy atom. The highest BCUT2D eigenvalue weighted by Gasteiger charge is 2.55. The van der Waals surface area contributed by atoms with Gasteiger partial charge in [0.2, 0.25) is 0 Å². The van der Waals surface area contributed by atoms with E-state index in [-0.39, 0.29) is 5.41 Å². The van der Waals surface area contributed by atoms with Gasteiger partial charge in [0.15, 0.2) is 0 Å². The highest BCUT2D eigenvalue weighted by atomic mass is 16.5. The fraction of sp³-hybridized carbons (Fsp3) is 0.391. The van der Waals surface area contributed by atoms with Crippen LogP contribution in [0.4, 0.5) is 0 Å². The van der Waals surface area contributed by atoms with E-state index in [0.29, 0.717) is 5.41 Å². The molecule has 122 valence electrons. The van der Waals surface area contributed by atoms with E-state index in [1.165, 1.54) is 42.4 Å². The van der Waals surface area contributed by atoms with Gasteiger partial charge < -0.3 is 4.74 Å². The second-order valence-corrected chi connectivity index (χ2v) is 7.87. The molecule has 6 rings (SSSR count). The maximum absolute atomic E-state index is 5.92. The van der Waals surface area contributed by atoms with Crippen LogP contribution < -0.4 is 0 Å². The summed E-state index contributed by atoms with van der Waals surface area (Å²) in [4.78, 5) is 0. The van der Waals surface area contributed by atoms with Crippen molar-refractivity contribution in [2.75, 3.05) is 13.2 Å². The van der Waals surface area contributed by atoms with E-state index in [0.717, 1.165) is 13.2 Å². The summed E-state index contributed by atoms with van der Waals surface area (Å²) < 4.78 is 5.92. The average molecular weight is 316 g/mol. The standard InChI is InChI=1S/C23H24O/c1-17-21-15-24-16-22(21)11-13-23(17,14-12-22)20-10-6-5-9-19(20)18-7-3-2-4-8-18/h2-10H,11-16H2,1H3. The molecule has 24 heavy (non-hydrogen) atoms. The molecule has 2 fully saturated rings. The summed E-state index contributed by atoms with van der Waals surface area (Å²) in [5.41, 5.74) is 8.12. The van der Waals surface area contributed by atoms with Gasteiger partial charge in [-0.25, -0.2) is 0 Å². The van der Waals surface area contributed by atoms with Crippen LogP contribution in [0.25, 0.3) is 11.1 Å². The lowest BCUT2D eigenvalue weighted by molar-refractivity contribution is 0.101. The third-order valence-corrected chi connectivity index (χ3v) is 7.02. The van der Waals surface area contributed by atoms with E-state index in [2.05, 4.69) is 61.5 Å². The molecule has 4 aliphatic rings. The molecule has 1 saturated heterocycles. The second-order valence-electron chi connectivity index (χ2n) is 7.87. The molecule has 1 heteroatoms. The van der Waals surface area contributed by atoms with Gasteiger partial charge in [-0.3, -0.25) is 0 Å². The Kier molecular flexibility index (Phi) is 3.06. The molecule has 2 aromatic carbocycles. The molecule has 0 N–H and O–H groups in total. The Bertz CT molecular complexity index is 807. The molecule has 1 heterocycles. The quantitative estimate of drug-likeness (QED) is 0.664. The van der Waals surface area contributed by atoms with E-state index in [4.69, 9.17) is 4.74 Å². The summed E-state index contributed by atoms with van der Waals surface area (Å²) in [6, 6.07) is 20.0. The van der Waals surface area contributed by atoms with Crippen molar-refractivity contribution in [1.29, 1.82) is 0 Å². The maximum Gasteiger partial charge on any atom is 0.0686 e. The van der Waals surface area contributed by atoms with Gasteiger partial charge in [-0.1, -0.05) is 60.2 Å². The molecular formula is C23H24O. The zero-order chi connectivity index (χ0) is 16.2. The molecule has 1 saturated carbocycles. The predicted molar refractivity (Wildman–Crippen MR) is 98.0 cm³/mol. The van der Waals surface area contributed by atoms with Crippen LogP contribution in [-0.2, 0) is 10.2 Å². The van der Waals surface area contributed by atoms with Crippen molar-refractivity contribution in [3.8, 4) is 11.1 Å².